The molecule has 2 heterocycles. The van der Waals surface area contributed by atoms with E-state index < -0.39 is 0 Å². The first kappa shape index (κ1) is 19.7. The van der Waals surface area contributed by atoms with E-state index in [4.69, 9.17) is 0 Å². The third-order valence-corrected chi connectivity index (χ3v) is 6.47. The van der Waals surface area contributed by atoms with E-state index in [1.807, 2.05) is 36.4 Å². The average Bonchev–Trinajstić information content (AvgIpc) is 3.06. The maximum Gasteiger partial charge on any atom is 0.254 e. The van der Waals surface area contributed by atoms with Gasteiger partial charge in [-0.3, -0.25) is 9.59 Å². The minimum atomic E-state index is 0.0978. The Morgan fingerprint density at radius 1 is 0.897 bits per heavy atom. The SMILES string of the molecule is CC(=O)N1[C@H](Cc2ccccc2)C[C@H]2[C@H]1CCCCCN2C(=O)c1ccccc1. The quantitative estimate of drug-likeness (QED) is 0.784. The van der Waals surface area contributed by atoms with Crippen LogP contribution in [0.2, 0.25) is 0 Å². The molecule has 0 N–H and O–H groups in total. The summed E-state index contributed by atoms with van der Waals surface area (Å²) in [6.07, 6.45) is 5.95. The van der Waals surface area contributed by atoms with Gasteiger partial charge in [0.1, 0.15) is 0 Å². The molecular formula is C25H30N2O2. The summed E-state index contributed by atoms with van der Waals surface area (Å²) in [5.41, 5.74) is 1.99. The first-order valence-corrected chi connectivity index (χ1v) is 10.8. The van der Waals surface area contributed by atoms with Gasteiger partial charge in [0.2, 0.25) is 5.91 Å². The van der Waals surface area contributed by atoms with Crippen LogP contribution in [0.3, 0.4) is 0 Å². The lowest BCUT2D eigenvalue weighted by Gasteiger charge is -2.37. The van der Waals surface area contributed by atoms with E-state index >= 15 is 0 Å². The van der Waals surface area contributed by atoms with Crippen LogP contribution in [0.5, 0.6) is 0 Å². The third kappa shape index (κ3) is 4.21. The number of hydrogen-bond donors (Lipinski definition) is 0. The third-order valence-electron chi connectivity index (χ3n) is 6.47. The van der Waals surface area contributed by atoms with Crippen LogP contribution in [0, 0.1) is 0 Å². The molecule has 2 saturated heterocycles. The molecule has 2 aliphatic heterocycles. The summed E-state index contributed by atoms with van der Waals surface area (Å²) < 4.78 is 0. The Kier molecular flexibility index (Phi) is 5.98. The lowest BCUT2D eigenvalue weighted by Crippen LogP contribution is -2.50. The maximum atomic E-state index is 13.4. The molecule has 0 saturated carbocycles. The Balaban J connectivity index is 1.64. The van der Waals surface area contributed by atoms with Gasteiger partial charge in [-0.1, -0.05) is 61.4 Å². The standard InChI is InChI=1S/C25H30N2O2/c1-19(28)27-22(17-20-11-5-2-6-12-20)18-24-23(27)15-9-4-10-16-26(24)25(29)21-13-7-3-8-14-21/h2-3,5-8,11-14,22-24H,4,9-10,15-18H2,1H3/t22-,23-,24+/m1/s1. The normalized spacial score (nSPS) is 24.5. The number of carbonyl (C=O) groups is 2. The molecule has 4 heteroatoms. The monoisotopic (exact) mass is 390 g/mol. The van der Waals surface area contributed by atoms with Crippen molar-refractivity contribution >= 4 is 11.8 Å². The Bertz CT molecular complexity index is 836. The van der Waals surface area contributed by atoms with Crippen LogP contribution in [-0.4, -0.2) is 46.3 Å². The van der Waals surface area contributed by atoms with Gasteiger partial charge in [0.05, 0.1) is 12.1 Å². The van der Waals surface area contributed by atoms with Crippen LogP contribution >= 0.6 is 0 Å². The largest absolute Gasteiger partial charge is 0.334 e. The molecule has 29 heavy (non-hydrogen) atoms. The van der Waals surface area contributed by atoms with E-state index in [-0.39, 0.29) is 29.9 Å². The minimum absolute atomic E-state index is 0.0978. The van der Waals surface area contributed by atoms with E-state index in [0.717, 1.165) is 50.6 Å². The van der Waals surface area contributed by atoms with Crippen molar-refractivity contribution in [2.24, 2.45) is 0 Å². The highest BCUT2D eigenvalue weighted by atomic mass is 16.2. The van der Waals surface area contributed by atoms with Crippen molar-refractivity contribution in [1.29, 1.82) is 0 Å². The topological polar surface area (TPSA) is 40.6 Å². The van der Waals surface area contributed by atoms with E-state index in [9.17, 15) is 9.59 Å². The molecule has 0 bridgehead atoms. The first-order valence-electron chi connectivity index (χ1n) is 10.8. The molecule has 152 valence electrons. The van der Waals surface area contributed by atoms with Gasteiger partial charge in [-0.25, -0.2) is 0 Å². The lowest BCUT2D eigenvalue weighted by molar-refractivity contribution is -0.132. The molecule has 2 aromatic carbocycles. The van der Waals surface area contributed by atoms with Gasteiger partial charge in [0.25, 0.3) is 5.91 Å². The second-order valence-electron chi connectivity index (χ2n) is 8.35. The Labute approximate surface area is 173 Å². The van der Waals surface area contributed by atoms with Gasteiger partial charge in [-0.2, -0.15) is 0 Å². The van der Waals surface area contributed by atoms with Crippen LogP contribution in [0.1, 0.15) is 54.9 Å². The molecule has 0 aliphatic carbocycles. The highest BCUT2D eigenvalue weighted by Gasteiger charge is 2.46. The molecule has 0 aromatic heterocycles. The highest BCUT2D eigenvalue weighted by Crippen LogP contribution is 2.36. The fourth-order valence-electron chi connectivity index (χ4n) is 5.21. The van der Waals surface area contributed by atoms with Crippen molar-refractivity contribution in [2.75, 3.05) is 6.54 Å². The van der Waals surface area contributed by atoms with Crippen molar-refractivity contribution < 1.29 is 9.59 Å². The van der Waals surface area contributed by atoms with Crippen molar-refractivity contribution in [3.05, 3.63) is 71.8 Å². The van der Waals surface area contributed by atoms with E-state index in [2.05, 4.69) is 34.1 Å². The number of rotatable bonds is 3. The van der Waals surface area contributed by atoms with Gasteiger partial charge in [-0.05, 0) is 43.4 Å². The summed E-state index contributed by atoms with van der Waals surface area (Å²) >= 11 is 0. The minimum Gasteiger partial charge on any atom is -0.334 e. The van der Waals surface area contributed by atoms with Crippen LogP contribution in [0.4, 0.5) is 0 Å². The smallest absolute Gasteiger partial charge is 0.254 e. The zero-order chi connectivity index (χ0) is 20.2. The number of fused-ring (bicyclic) bond motifs is 1. The molecule has 4 rings (SSSR count). The number of nitrogens with zero attached hydrogens (tertiary/aromatic N) is 2. The predicted molar refractivity (Wildman–Crippen MR) is 115 cm³/mol. The van der Waals surface area contributed by atoms with Crippen molar-refractivity contribution in [3.63, 3.8) is 0 Å². The van der Waals surface area contributed by atoms with Crippen LogP contribution in [0.15, 0.2) is 60.7 Å². The summed E-state index contributed by atoms with van der Waals surface area (Å²) in [6, 6.07) is 20.3. The van der Waals surface area contributed by atoms with Gasteiger partial charge >= 0.3 is 0 Å². The van der Waals surface area contributed by atoms with Crippen LogP contribution < -0.4 is 0 Å². The second kappa shape index (κ2) is 8.81. The molecule has 2 fully saturated rings. The molecule has 2 amide bonds. The Morgan fingerprint density at radius 2 is 1.59 bits per heavy atom. The molecule has 0 spiro atoms. The molecule has 2 aromatic rings. The fraction of sp³-hybridized carbons (Fsp3) is 0.440. The average molecular weight is 391 g/mol. The van der Waals surface area contributed by atoms with E-state index in [1.54, 1.807) is 6.92 Å². The number of carbonyl (C=O) groups excluding carboxylic acids is 2. The van der Waals surface area contributed by atoms with Gasteiger partial charge < -0.3 is 9.80 Å². The van der Waals surface area contributed by atoms with Crippen molar-refractivity contribution in [2.45, 2.75) is 63.6 Å². The summed E-state index contributed by atoms with van der Waals surface area (Å²) in [6.45, 7) is 2.46. The van der Waals surface area contributed by atoms with E-state index in [0.29, 0.717) is 0 Å². The van der Waals surface area contributed by atoms with E-state index in [1.165, 1.54) is 5.56 Å². The molecule has 0 unspecified atom stereocenters. The van der Waals surface area contributed by atoms with Gasteiger partial charge in [0, 0.05) is 25.1 Å². The summed E-state index contributed by atoms with van der Waals surface area (Å²) in [7, 11) is 0. The predicted octanol–water partition coefficient (Wildman–Crippen LogP) is 4.30. The zero-order valence-electron chi connectivity index (χ0n) is 17.2. The van der Waals surface area contributed by atoms with Crippen LogP contribution in [-0.2, 0) is 11.2 Å². The second-order valence-corrected chi connectivity index (χ2v) is 8.35. The lowest BCUT2D eigenvalue weighted by atomic mass is 9.95. The van der Waals surface area contributed by atoms with Gasteiger partial charge in [0.15, 0.2) is 0 Å². The fourth-order valence-corrected chi connectivity index (χ4v) is 5.21. The Hall–Kier alpha value is -2.62. The number of likely N-dealkylation sites (tertiary alicyclic amines) is 2. The number of amides is 2. The molecule has 3 atom stereocenters. The highest BCUT2D eigenvalue weighted by molar-refractivity contribution is 5.94. The van der Waals surface area contributed by atoms with Crippen molar-refractivity contribution in [1.82, 2.24) is 9.80 Å². The maximum absolute atomic E-state index is 13.4. The zero-order valence-corrected chi connectivity index (χ0v) is 17.2. The van der Waals surface area contributed by atoms with Gasteiger partial charge in [-0.15, -0.1) is 0 Å². The first-order chi connectivity index (χ1) is 14.1. The van der Waals surface area contributed by atoms with Crippen LogP contribution in [0.25, 0.3) is 0 Å². The summed E-state index contributed by atoms with van der Waals surface area (Å²) in [5.74, 6) is 0.234. The number of benzene rings is 2. The number of hydrogen-bond acceptors (Lipinski definition) is 2. The summed E-state index contributed by atoms with van der Waals surface area (Å²) in [5, 5.41) is 0. The summed E-state index contributed by atoms with van der Waals surface area (Å²) in [4.78, 5) is 30.2. The Morgan fingerprint density at radius 3 is 2.28 bits per heavy atom. The molecule has 0 radical (unpaired) electrons. The molecular weight excluding hydrogens is 360 g/mol. The molecule has 2 aliphatic rings. The molecule has 4 nitrogen and oxygen atoms in total. The van der Waals surface area contributed by atoms with Crippen molar-refractivity contribution in [3.8, 4) is 0 Å².